The van der Waals surface area contributed by atoms with Crippen LogP contribution >= 0.6 is 23.4 Å². The average molecular weight is 274 g/mol. The molecule has 0 saturated heterocycles. The van der Waals surface area contributed by atoms with Gasteiger partial charge in [0.2, 0.25) is 5.28 Å². The first kappa shape index (κ1) is 13.2. The van der Waals surface area contributed by atoms with Crippen LogP contribution in [-0.2, 0) is 6.42 Å². The Morgan fingerprint density at radius 3 is 2.88 bits per heavy atom. The third-order valence-corrected chi connectivity index (χ3v) is 4.81. The van der Waals surface area contributed by atoms with Crippen LogP contribution in [0, 0.1) is 0 Å². The summed E-state index contributed by atoms with van der Waals surface area (Å²) in [5.41, 5.74) is 0. The first-order chi connectivity index (χ1) is 8.26. The van der Waals surface area contributed by atoms with Crippen molar-refractivity contribution in [2.24, 2.45) is 0 Å². The summed E-state index contributed by atoms with van der Waals surface area (Å²) in [5.74, 6) is 2.26. The molecule has 1 saturated carbocycles. The van der Waals surface area contributed by atoms with E-state index in [9.17, 15) is 0 Å². The van der Waals surface area contributed by atoms with Crippen molar-refractivity contribution >= 4 is 23.4 Å². The molecular formula is C12H20ClN3S. The lowest BCUT2D eigenvalue weighted by atomic mass is 10.2. The van der Waals surface area contributed by atoms with Gasteiger partial charge in [-0.25, -0.2) is 0 Å². The van der Waals surface area contributed by atoms with Gasteiger partial charge in [0, 0.05) is 17.7 Å². The Bertz CT molecular complexity index is 367. The highest BCUT2D eigenvalue weighted by atomic mass is 35.5. The van der Waals surface area contributed by atoms with Gasteiger partial charge in [-0.3, -0.25) is 4.57 Å². The zero-order valence-corrected chi connectivity index (χ0v) is 12.1. The summed E-state index contributed by atoms with van der Waals surface area (Å²) < 4.78 is 2.17. The van der Waals surface area contributed by atoms with Crippen molar-refractivity contribution in [3.63, 3.8) is 0 Å². The molecule has 1 aliphatic rings. The number of rotatable bonds is 5. The van der Waals surface area contributed by atoms with Crippen molar-refractivity contribution in [1.82, 2.24) is 14.8 Å². The number of aryl methyl sites for hydroxylation is 1. The molecule has 0 radical (unpaired) electrons. The highest BCUT2D eigenvalue weighted by Crippen LogP contribution is 2.38. The second-order valence-corrected chi connectivity index (χ2v) is 6.46. The molecule has 2 unspecified atom stereocenters. The molecule has 0 spiro atoms. The Morgan fingerprint density at radius 1 is 1.35 bits per heavy atom. The van der Waals surface area contributed by atoms with E-state index in [-0.39, 0.29) is 0 Å². The molecule has 96 valence electrons. The maximum absolute atomic E-state index is 6.17. The molecule has 0 bridgehead atoms. The highest BCUT2D eigenvalue weighted by molar-refractivity contribution is 7.99. The number of hydrogen-bond acceptors (Lipinski definition) is 3. The Kier molecular flexibility index (Phi) is 4.74. The minimum atomic E-state index is 0.517. The third-order valence-electron chi connectivity index (χ3n) is 3.32. The maximum atomic E-state index is 6.17. The van der Waals surface area contributed by atoms with Gasteiger partial charge in [-0.1, -0.05) is 13.8 Å². The van der Waals surface area contributed by atoms with Crippen LogP contribution in [0.25, 0.3) is 0 Å². The number of aromatic nitrogens is 3. The zero-order chi connectivity index (χ0) is 12.3. The van der Waals surface area contributed by atoms with Gasteiger partial charge >= 0.3 is 0 Å². The van der Waals surface area contributed by atoms with Crippen LogP contribution in [0.4, 0.5) is 0 Å². The van der Waals surface area contributed by atoms with Gasteiger partial charge in [-0.2, -0.15) is 11.8 Å². The van der Waals surface area contributed by atoms with Crippen molar-refractivity contribution in [2.45, 2.75) is 57.2 Å². The van der Waals surface area contributed by atoms with E-state index >= 15 is 0 Å². The topological polar surface area (TPSA) is 30.7 Å². The molecule has 0 N–H and O–H groups in total. The quantitative estimate of drug-likeness (QED) is 0.819. The monoisotopic (exact) mass is 273 g/mol. The second-order valence-electron chi connectivity index (χ2n) is 4.55. The second kappa shape index (κ2) is 6.10. The smallest absolute Gasteiger partial charge is 0.225 e. The average Bonchev–Trinajstić information content (AvgIpc) is 2.87. The Hall–Kier alpha value is -0.220. The van der Waals surface area contributed by atoms with Crippen LogP contribution in [0.1, 0.15) is 51.4 Å². The van der Waals surface area contributed by atoms with Crippen LogP contribution in [0.2, 0.25) is 5.28 Å². The van der Waals surface area contributed by atoms with Crippen LogP contribution in [0.15, 0.2) is 0 Å². The molecule has 1 aliphatic carbocycles. The van der Waals surface area contributed by atoms with Crippen molar-refractivity contribution < 1.29 is 0 Å². The predicted molar refractivity (Wildman–Crippen MR) is 73.8 cm³/mol. The van der Waals surface area contributed by atoms with E-state index in [0.29, 0.717) is 11.3 Å². The molecule has 0 aromatic carbocycles. The van der Waals surface area contributed by atoms with Gasteiger partial charge in [-0.15, -0.1) is 10.2 Å². The minimum Gasteiger partial charge on any atom is -0.299 e. The molecule has 2 atom stereocenters. The van der Waals surface area contributed by atoms with Crippen LogP contribution in [0.3, 0.4) is 0 Å². The summed E-state index contributed by atoms with van der Waals surface area (Å²) in [6.07, 6.45) is 5.79. The van der Waals surface area contributed by atoms with E-state index in [0.717, 1.165) is 23.9 Å². The van der Waals surface area contributed by atoms with Gasteiger partial charge in [0.05, 0.1) is 0 Å². The molecule has 0 amide bonds. The minimum absolute atomic E-state index is 0.517. The normalized spacial score (nSPS) is 24.4. The fourth-order valence-electron chi connectivity index (χ4n) is 2.60. The molecular weight excluding hydrogens is 254 g/mol. The standard InChI is InChI=1S/C12H20ClN3S/c1-3-5-11-14-15-12(13)16(11)9-6-7-10(8-9)17-4-2/h9-10H,3-8H2,1-2H3. The number of nitrogens with zero attached hydrogens (tertiary/aromatic N) is 3. The Balaban J connectivity index is 2.09. The molecule has 3 nitrogen and oxygen atoms in total. The third kappa shape index (κ3) is 2.97. The van der Waals surface area contributed by atoms with Crippen molar-refractivity contribution in [1.29, 1.82) is 0 Å². The molecule has 2 rings (SSSR count). The Labute approximate surface area is 112 Å². The highest BCUT2D eigenvalue weighted by Gasteiger charge is 2.28. The summed E-state index contributed by atoms with van der Waals surface area (Å²) in [4.78, 5) is 0. The first-order valence-electron chi connectivity index (χ1n) is 6.47. The van der Waals surface area contributed by atoms with E-state index in [1.165, 1.54) is 25.0 Å². The first-order valence-corrected chi connectivity index (χ1v) is 7.89. The van der Waals surface area contributed by atoms with E-state index in [1.807, 2.05) is 0 Å². The van der Waals surface area contributed by atoms with Gasteiger partial charge in [-0.05, 0) is 43.0 Å². The van der Waals surface area contributed by atoms with Gasteiger partial charge < -0.3 is 0 Å². The fourth-order valence-corrected chi connectivity index (χ4v) is 4.00. The maximum Gasteiger partial charge on any atom is 0.225 e. The van der Waals surface area contributed by atoms with Crippen molar-refractivity contribution in [3.05, 3.63) is 11.1 Å². The van der Waals surface area contributed by atoms with E-state index in [1.54, 1.807) is 0 Å². The SMILES string of the molecule is CCCc1nnc(Cl)n1C1CCC(SCC)C1. The van der Waals surface area contributed by atoms with E-state index < -0.39 is 0 Å². The molecule has 1 fully saturated rings. The van der Waals surface area contributed by atoms with Gasteiger partial charge in [0.25, 0.3) is 0 Å². The zero-order valence-electron chi connectivity index (χ0n) is 10.5. The van der Waals surface area contributed by atoms with Crippen LogP contribution < -0.4 is 0 Å². The predicted octanol–water partition coefficient (Wildman–Crippen LogP) is 3.73. The molecule has 17 heavy (non-hydrogen) atoms. The van der Waals surface area contributed by atoms with Crippen LogP contribution in [-0.4, -0.2) is 25.8 Å². The number of hydrogen-bond donors (Lipinski definition) is 0. The summed E-state index contributed by atoms with van der Waals surface area (Å²) in [5, 5.41) is 9.58. The summed E-state index contributed by atoms with van der Waals surface area (Å²) in [7, 11) is 0. The van der Waals surface area contributed by atoms with Crippen molar-refractivity contribution in [3.8, 4) is 0 Å². The number of thioether (sulfide) groups is 1. The lowest BCUT2D eigenvalue weighted by Gasteiger charge is -2.15. The molecule has 1 aromatic heterocycles. The van der Waals surface area contributed by atoms with Gasteiger partial charge in [0.1, 0.15) is 5.82 Å². The van der Waals surface area contributed by atoms with Gasteiger partial charge in [0.15, 0.2) is 0 Å². The van der Waals surface area contributed by atoms with E-state index in [2.05, 4.69) is 40.4 Å². The van der Waals surface area contributed by atoms with Crippen LogP contribution in [0.5, 0.6) is 0 Å². The lowest BCUT2D eigenvalue weighted by molar-refractivity contribution is 0.496. The van der Waals surface area contributed by atoms with E-state index in [4.69, 9.17) is 11.6 Å². The summed E-state index contributed by atoms with van der Waals surface area (Å²) >= 11 is 8.24. The fraction of sp³-hybridized carbons (Fsp3) is 0.833. The molecule has 0 aliphatic heterocycles. The summed E-state index contributed by atoms with van der Waals surface area (Å²) in [6.45, 7) is 4.39. The lowest BCUT2D eigenvalue weighted by Crippen LogP contribution is -2.10. The molecule has 1 aromatic rings. The van der Waals surface area contributed by atoms with Crippen molar-refractivity contribution in [2.75, 3.05) is 5.75 Å². The number of halogens is 1. The molecule has 5 heteroatoms. The summed E-state index contributed by atoms with van der Waals surface area (Å²) in [6, 6.07) is 0.517. The molecule has 1 heterocycles. The largest absolute Gasteiger partial charge is 0.299 e. The Morgan fingerprint density at radius 2 is 2.18 bits per heavy atom.